The number of nitrogens with two attached hydrogens (primary N) is 1. The Morgan fingerprint density at radius 3 is 2.76 bits per heavy atom. The van der Waals surface area contributed by atoms with Gasteiger partial charge >= 0.3 is 0 Å². The van der Waals surface area contributed by atoms with Crippen molar-refractivity contribution < 1.29 is 4.79 Å². The summed E-state index contributed by atoms with van der Waals surface area (Å²) in [6, 6.07) is 9.35. The lowest BCUT2D eigenvalue weighted by atomic mass is 10.3. The molecule has 0 saturated carbocycles. The van der Waals surface area contributed by atoms with Gasteiger partial charge in [0.1, 0.15) is 0 Å². The molecular weight excluding hydrogens is 286 g/mol. The Kier molecular flexibility index (Phi) is 5.21. The largest absolute Gasteiger partial charge is 0.336 e. The van der Waals surface area contributed by atoms with Gasteiger partial charge < -0.3 is 11.2 Å². The van der Waals surface area contributed by atoms with Crippen LogP contribution in [0.3, 0.4) is 0 Å². The minimum atomic E-state index is -0.314. The monoisotopic (exact) mass is 305 g/mol. The number of nitrogens with one attached hydrogen (secondary N) is 1. The third-order valence-electron chi connectivity index (χ3n) is 2.90. The normalized spacial score (nSPS) is 12.1. The van der Waals surface area contributed by atoms with Gasteiger partial charge in [0.25, 0.3) is 0 Å². The Labute approximate surface area is 128 Å². The number of hydrogen-bond donors (Lipinski definition) is 2. The Balaban J connectivity index is 1.97. The molecule has 2 aromatic rings. The van der Waals surface area contributed by atoms with Crippen LogP contribution in [0, 0.1) is 0 Å². The lowest BCUT2D eigenvalue weighted by Gasteiger charge is -2.11. The molecule has 1 heterocycles. The number of nitrogen functional groups attached to an aromatic ring is 1. The maximum absolute atomic E-state index is 12.1. The molecule has 7 heteroatoms. The van der Waals surface area contributed by atoms with Gasteiger partial charge in [-0.05, 0) is 25.5 Å². The fourth-order valence-corrected chi connectivity index (χ4v) is 2.55. The third kappa shape index (κ3) is 3.98. The number of hydrogen-bond acceptors (Lipinski definition) is 5. The average Bonchev–Trinajstić information content (AvgIpc) is 2.82. The van der Waals surface area contributed by atoms with Gasteiger partial charge in [0.05, 0.1) is 5.25 Å². The number of rotatable bonds is 6. The average molecular weight is 305 g/mol. The summed E-state index contributed by atoms with van der Waals surface area (Å²) >= 11 is 1.30. The molecule has 1 aromatic carbocycles. The summed E-state index contributed by atoms with van der Waals surface area (Å²) in [5.74, 6) is 6.57. The number of carbonyl (C=O) groups excluding carboxylic acids is 1. The number of nitrogens with zero attached hydrogens (tertiary/aromatic N) is 3. The third-order valence-corrected chi connectivity index (χ3v) is 3.96. The Hall–Kier alpha value is -2.02. The highest BCUT2D eigenvalue weighted by atomic mass is 32.2. The topological polar surface area (TPSA) is 85.8 Å². The van der Waals surface area contributed by atoms with Crippen molar-refractivity contribution in [3.05, 3.63) is 36.2 Å². The molecule has 3 N–H and O–H groups in total. The molecule has 0 aliphatic rings. The van der Waals surface area contributed by atoms with Crippen molar-refractivity contribution in [2.24, 2.45) is 0 Å². The summed E-state index contributed by atoms with van der Waals surface area (Å²) in [4.78, 5) is 12.1. The first-order valence-corrected chi connectivity index (χ1v) is 7.71. The fourth-order valence-electron chi connectivity index (χ4n) is 1.76. The number of aryl methyl sites for hydroxylation is 1. The standard InChI is InChI=1S/C14H19N5OS/c1-3-7-12-17-18-14(19(12)15)21-10(2)13(20)16-11-8-5-4-6-9-11/h4-6,8-10H,3,7,15H2,1-2H3,(H,16,20)/t10-/m0/s1. The van der Waals surface area contributed by atoms with Crippen LogP contribution in [-0.4, -0.2) is 26.0 Å². The first-order valence-electron chi connectivity index (χ1n) is 6.83. The number of para-hydroxylation sites is 1. The lowest BCUT2D eigenvalue weighted by Crippen LogP contribution is -2.23. The maximum atomic E-state index is 12.1. The molecule has 21 heavy (non-hydrogen) atoms. The minimum Gasteiger partial charge on any atom is -0.336 e. The molecule has 0 radical (unpaired) electrons. The predicted molar refractivity (Wildman–Crippen MR) is 84.6 cm³/mol. The summed E-state index contributed by atoms with van der Waals surface area (Å²) < 4.78 is 1.46. The van der Waals surface area contributed by atoms with Crippen molar-refractivity contribution >= 4 is 23.4 Å². The molecule has 6 nitrogen and oxygen atoms in total. The van der Waals surface area contributed by atoms with E-state index in [1.165, 1.54) is 16.4 Å². The van der Waals surface area contributed by atoms with Crippen LogP contribution in [0.4, 0.5) is 5.69 Å². The van der Waals surface area contributed by atoms with E-state index in [1.54, 1.807) is 0 Å². The van der Waals surface area contributed by atoms with Crippen LogP contribution in [0.5, 0.6) is 0 Å². The van der Waals surface area contributed by atoms with Crippen LogP contribution in [0.1, 0.15) is 26.1 Å². The van der Waals surface area contributed by atoms with Crippen molar-refractivity contribution in [2.75, 3.05) is 11.2 Å². The van der Waals surface area contributed by atoms with Gasteiger partial charge in [-0.1, -0.05) is 36.9 Å². The molecule has 0 saturated heterocycles. The van der Waals surface area contributed by atoms with E-state index in [0.717, 1.165) is 24.4 Å². The summed E-state index contributed by atoms with van der Waals surface area (Å²) in [5, 5.41) is 11.2. The van der Waals surface area contributed by atoms with Gasteiger partial charge in [0.15, 0.2) is 5.82 Å². The van der Waals surface area contributed by atoms with Gasteiger partial charge in [-0.2, -0.15) is 0 Å². The molecule has 0 fully saturated rings. The van der Waals surface area contributed by atoms with Crippen molar-refractivity contribution in [2.45, 2.75) is 37.1 Å². The van der Waals surface area contributed by atoms with E-state index in [-0.39, 0.29) is 11.2 Å². The molecular formula is C14H19N5OS. The zero-order chi connectivity index (χ0) is 15.2. The van der Waals surface area contributed by atoms with E-state index in [9.17, 15) is 4.79 Å². The number of aromatic nitrogens is 3. The van der Waals surface area contributed by atoms with Crippen LogP contribution in [0.25, 0.3) is 0 Å². The molecule has 0 bridgehead atoms. The van der Waals surface area contributed by atoms with E-state index < -0.39 is 0 Å². The summed E-state index contributed by atoms with van der Waals surface area (Å²) in [7, 11) is 0. The SMILES string of the molecule is CCCc1nnc(S[C@@H](C)C(=O)Nc2ccccc2)n1N. The quantitative estimate of drug-likeness (QED) is 0.630. The Morgan fingerprint density at radius 2 is 2.10 bits per heavy atom. The number of thioether (sulfide) groups is 1. The highest BCUT2D eigenvalue weighted by Crippen LogP contribution is 2.22. The second kappa shape index (κ2) is 7.12. The molecule has 0 aliphatic heterocycles. The molecule has 0 spiro atoms. The molecule has 1 aromatic heterocycles. The second-order valence-corrected chi connectivity index (χ2v) is 5.94. The van der Waals surface area contributed by atoms with Crippen molar-refractivity contribution in [1.29, 1.82) is 0 Å². The van der Waals surface area contributed by atoms with E-state index in [1.807, 2.05) is 37.3 Å². The summed E-state index contributed by atoms with van der Waals surface area (Å²) in [5.41, 5.74) is 0.774. The second-order valence-electron chi connectivity index (χ2n) is 4.63. The van der Waals surface area contributed by atoms with Crippen molar-refractivity contribution in [3.8, 4) is 0 Å². The molecule has 1 atom stereocenters. The zero-order valence-electron chi connectivity index (χ0n) is 12.1. The molecule has 112 valence electrons. The van der Waals surface area contributed by atoms with Crippen LogP contribution < -0.4 is 11.2 Å². The van der Waals surface area contributed by atoms with E-state index in [2.05, 4.69) is 22.4 Å². The van der Waals surface area contributed by atoms with E-state index in [0.29, 0.717) is 5.16 Å². The van der Waals surface area contributed by atoms with Gasteiger partial charge in [0.2, 0.25) is 11.1 Å². The predicted octanol–water partition coefficient (Wildman–Crippen LogP) is 2.06. The van der Waals surface area contributed by atoms with Crippen molar-refractivity contribution in [1.82, 2.24) is 14.9 Å². The van der Waals surface area contributed by atoms with Crippen LogP contribution in [0.2, 0.25) is 0 Å². The van der Waals surface area contributed by atoms with Gasteiger partial charge in [-0.3, -0.25) is 4.79 Å². The first-order chi connectivity index (χ1) is 10.1. The maximum Gasteiger partial charge on any atom is 0.237 e. The van der Waals surface area contributed by atoms with Crippen LogP contribution in [-0.2, 0) is 11.2 Å². The lowest BCUT2D eigenvalue weighted by molar-refractivity contribution is -0.115. The zero-order valence-corrected chi connectivity index (χ0v) is 12.9. The van der Waals surface area contributed by atoms with E-state index in [4.69, 9.17) is 5.84 Å². The Bertz CT molecular complexity index is 599. The van der Waals surface area contributed by atoms with Gasteiger partial charge in [-0.15, -0.1) is 10.2 Å². The molecule has 0 unspecified atom stereocenters. The number of anilines is 1. The minimum absolute atomic E-state index is 0.0914. The fraction of sp³-hybridized carbons (Fsp3) is 0.357. The van der Waals surface area contributed by atoms with E-state index >= 15 is 0 Å². The van der Waals surface area contributed by atoms with Crippen molar-refractivity contribution in [3.63, 3.8) is 0 Å². The highest BCUT2D eigenvalue weighted by molar-refractivity contribution is 8.00. The summed E-state index contributed by atoms with van der Waals surface area (Å²) in [6.45, 7) is 3.87. The molecule has 1 amide bonds. The number of amides is 1. The molecule has 0 aliphatic carbocycles. The summed E-state index contributed by atoms with van der Waals surface area (Å²) in [6.07, 6.45) is 1.72. The van der Waals surface area contributed by atoms with Crippen LogP contribution in [0.15, 0.2) is 35.5 Å². The smallest absolute Gasteiger partial charge is 0.237 e. The Morgan fingerprint density at radius 1 is 1.38 bits per heavy atom. The van der Waals surface area contributed by atoms with Gasteiger partial charge in [-0.25, -0.2) is 4.68 Å². The molecule has 2 rings (SSSR count). The number of benzene rings is 1. The number of carbonyl (C=O) groups is 1. The van der Waals surface area contributed by atoms with Crippen LogP contribution >= 0.6 is 11.8 Å². The van der Waals surface area contributed by atoms with Gasteiger partial charge in [0, 0.05) is 12.1 Å². The highest BCUT2D eigenvalue weighted by Gasteiger charge is 2.19. The first kappa shape index (κ1) is 15.4.